The smallest absolute Gasteiger partial charge is 0.152 e. The number of ether oxygens (including phenoxy) is 1. The molecule has 66 valence electrons. The zero-order valence-corrected chi connectivity index (χ0v) is 10.3. The van der Waals surface area contributed by atoms with Crippen LogP contribution in [-0.2, 0) is 0 Å². The minimum absolute atomic E-state index is 0.609. The maximum Gasteiger partial charge on any atom is 0.152 e. The molecule has 1 aromatic carbocycles. The van der Waals surface area contributed by atoms with Crippen molar-refractivity contribution in [1.29, 1.82) is 0 Å². The van der Waals surface area contributed by atoms with Crippen molar-refractivity contribution in [3.05, 3.63) is 26.1 Å². The van der Waals surface area contributed by atoms with Crippen molar-refractivity contribution in [2.45, 2.75) is 6.92 Å². The van der Waals surface area contributed by atoms with Crippen LogP contribution < -0.4 is 4.74 Å². The summed E-state index contributed by atoms with van der Waals surface area (Å²) in [4.78, 5) is 0. The third-order valence-electron chi connectivity index (χ3n) is 1.25. The molecule has 0 saturated heterocycles. The van der Waals surface area contributed by atoms with Crippen LogP contribution in [0.15, 0.2) is 21.1 Å². The molecule has 0 fully saturated rings. The van der Waals surface area contributed by atoms with Gasteiger partial charge in [0.2, 0.25) is 0 Å². The van der Waals surface area contributed by atoms with Crippen LogP contribution in [0.1, 0.15) is 6.92 Å². The van der Waals surface area contributed by atoms with Crippen LogP contribution >= 0.6 is 43.5 Å². The summed E-state index contributed by atoms with van der Waals surface area (Å²) in [6.07, 6.45) is 0. The van der Waals surface area contributed by atoms with Gasteiger partial charge < -0.3 is 4.74 Å². The monoisotopic (exact) mass is 312 g/mol. The van der Waals surface area contributed by atoms with E-state index in [1.165, 1.54) is 0 Å². The van der Waals surface area contributed by atoms with Crippen molar-refractivity contribution in [2.75, 3.05) is 6.61 Å². The van der Waals surface area contributed by atoms with Gasteiger partial charge in [-0.05, 0) is 35.0 Å². The van der Waals surface area contributed by atoms with E-state index in [1.54, 1.807) is 6.07 Å². The summed E-state index contributed by atoms with van der Waals surface area (Å²) in [5.74, 6) is 0.697. The summed E-state index contributed by atoms with van der Waals surface area (Å²) in [5, 5.41) is 0.609. The van der Waals surface area contributed by atoms with E-state index < -0.39 is 0 Å². The normalized spacial score (nSPS) is 10.0. The van der Waals surface area contributed by atoms with Gasteiger partial charge in [-0.15, -0.1) is 0 Å². The molecule has 0 bridgehead atoms. The van der Waals surface area contributed by atoms with E-state index in [4.69, 9.17) is 16.3 Å². The van der Waals surface area contributed by atoms with Gasteiger partial charge in [-0.2, -0.15) is 0 Å². The Hall–Kier alpha value is 0.270. The highest BCUT2D eigenvalue weighted by atomic mass is 79.9. The second kappa shape index (κ2) is 4.49. The molecular weight excluding hydrogens is 307 g/mol. The fourth-order valence-corrected chi connectivity index (χ4v) is 2.67. The van der Waals surface area contributed by atoms with Gasteiger partial charge in [-0.3, -0.25) is 0 Å². The van der Waals surface area contributed by atoms with Gasteiger partial charge in [-0.25, -0.2) is 0 Å². The fourth-order valence-electron chi connectivity index (χ4n) is 0.811. The van der Waals surface area contributed by atoms with Crippen molar-refractivity contribution in [3.63, 3.8) is 0 Å². The summed E-state index contributed by atoms with van der Waals surface area (Å²) in [6.45, 7) is 2.53. The number of rotatable bonds is 2. The van der Waals surface area contributed by atoms with Gasteiger partial charge in [0.15, 0.2) is 5.75 Å². The van der Waals surface area contributed by atoms with Gasteiger partial charge >= 0.3 is 0 Å². The average molecular weight is 314 g/mol. The van der Waals surface area contributed by atoms with Crippen LogP contribution in [0.3, 0.4) is 0 Å². The minimum atomic E-state index is 0.609. The first-order chi connectivity index (χ1) is 5.65. The molecule has 0 atom stereocenters. The first-order valence-electron chi connectivity index (χ1n) is 3.42. The topological polar surface area (TPSA) is 9.23 Å². The second-order valence-corrected chi connectivity index (χ2v) is 4.31. The second-order valence-electron chi connectivity index (χ2n) is 2.13. The highest BCUT2D eigenvalue weighted by Gasteiger charge is 2.06. The van der Waals surface area contributed by atoms with Crippen LogP contribution in [0, 0.1) is 0 Å². The van der Waals surface area contributed by atoms with Gasteiger partial charge in [-0.1, -0.05) is 27.5 Å². The lowest BCUT2D eigenvalue weighted by molar-refractivity contribution is 0.338. The molecule has 0 aliphatic carbocycles. The molecule has 1 nitrogen and oxygen atoms in total. The SMILES string of the molecule is CCOc1c(Cl)cc(Br)cc1Br. The Morgan fingerprint density at radius 1 is 1.42 bits per heavy atom. The fraction of sp³-hybridized carbons (Fsp3) is 0.250. The lowest BCUT2D eigenvalue weighted by Gasteiger charge is -2.07. The number of hydrogen-bond acceptors (Lipinski definition) is 1. The highest BCUT2D eigenvalue weighted by Crippen LogP contribution is 2.35. The zero-order valence-electron chi connectivity index (χ0n) is 6.40. The molecule has 0 aliphatic heterocycles. The molecule has 0 unspecified atom stereocenters. The van der Waals surface area contributed by atoms with E-state index >= 15 is 0 Å². The average Bonchev–Trinajstić information content (AvgIpc) is 1.96. The standard InChI is InChI=1S/C8H7Br2ClO/c1-2-12-8-6(10)3-5(9)4-7(8)11/h3-4H,2H2,1H3. The Kier molecular flexibility index (Phi) is 3.87. The third kappa shape index (κ3) is 2.38. The Labute approximate surface area is 93.3 Å². The molecule has 0 amide bonds. The van der Waals surface area contributed by atoms with Crippen molar-refractivity contribution >= 4 is 43.5 Å². The quantitative estimate of drug-likeness (QED) is 0.792. The summed E-state index contributed by atoms with van der Waals surface area (Å²) < 4.78 is 7.12. The van der Waals surface area contributed by atoms with E-state index in [-0.39, 0.29) is 0 Å². The van der Waals surface area contributed by atoms with Crippen LogP contribution in [0.25, 0.3) is 0 Å². The maximum absolute atomic E-state index is 5.93. The van der Waals surface area contributed by atoms with E-state index in [2.05, 4.69) is 31.9 Å². The molecule has 0 radical (unpaired) electrons. The molecule has 12 heavy (non-hydrogen) atoms. The minimum Gasteiger partial charge on any atom is -0.491 e. The predicted molar refractivity (Wildman–Crippen MR) is 58.0 cm³/mol. The lowest BCUT2D eigenvalue weighted by Crippen LogP contribution is -1.93. The molecule has 0 N–H and O–H groups in total. The lowest BCUT2D eigenvalue weighted by atomic mass is 10.3. The molecule has 0 aliphatic rings. The Balaban J connectivity index is 3.10. The van der Waals surface area contributed by atoms with Gasteiger partial charge in [0.1, 0.15) is 0 Å². The first kappa shape index (κ1) is 10.4. The van der Waals surface area contributed by atoms with Crippen LogP contribution in [0.5, 0.6) is 5.75 Å². The Morgan fingerprint density at radius 3 is 2.58 bits per heavy atom. The zero-order chi connectivity index (χ0) is 9.14. The molecule has 1 rings (SSSR count). The van der Waals surface area contributed by atoms with E-state index in [9.17, 15) is 0 Å². The van der Waals surface area contributed by atoms with E-state index in [1.807, 2.05) is 13.0 Å². The molecule has 0 aromatic heterocycles. The molecular formula is C8H7Br2ClO. The summed E-state index contributed by atoms with van der Waals surface area (Å²) in [5.41, 5.74) is 0. The summed E-state index contributed by atoms with van der Waals surface area (Å²) >= 11 is 12.6. The van der Waals surface area contributed by atoms with Crippen molar-refractivity contribution < 1.29 is 4.74 Å². The summed E-state index contributed by atoms with van der Waals surface area (Å²) in [7, 11) is 0. The predicted octanol–water partition coefficient (Wildman–Crippen LogP) is 4.26. The maximum atomic E-state index is 5.93. The van der Waals surface area contributed by atoms with Crippen molar-refractivity contribution in [2.24, 2.45) is 0 Å². The Morgan fingerprint density at radius 2 is 2.08 bits per heavy atom. The molecule has 4 heteroatoms. The summed E-state index contributed by atoms with van der Waals surface area (Å²) in [6, 6.07) is 3.70. The first-order valence-corrected chi connectivity index (χ1v) is 5.39. The third-order valence-corrected chi connectivity index (χ3v) is 2.58. The number of hydrogen-bond donors (Lipinski definition) is 0. The van der Waals surface area contributed by atoms with Crippen molar-refractivity contribution in [1.82, 2.24) is 0 Å². The van der Waals surface area contributed by atoms with Gasteiger partial charge in [0.25, 0.3) is 0 Å². The number of halogens is 3. The van der Waals surface area contributed by atoms with Crippen molar-refractivity contribution in [3.8, 4) is 5.75 Å². The van der Waals surface area contributed by atoms with Crippen LogP contribution in [0.4, 0.5) is 0 Å². The molecule has 0 spiro atoms. The number of benzene rings is 1. The highest BCUT2D eigenvalue weighted by molar-refractivity contribution is 9.11. The van der Waals surface area contributed by atoms with Gasteiger partial charge in [0, 0.05) is 4.47 Å². The van der Waals surface area contributed by atoms with Crippen LogP contribution in [-0.4, -0.2) is 6.61 Å². The van der Waals surface area contributed by atoms with E-state index in [0.29, 0.717) is 17.4 Å². The van der Waals surface area contributed by atoms with Crippen LogP contribution in [0.2, 0.25) is 5.02 Å². The molecule has 0 heterocycles. The van der Waals surface area contributed by atoms with Gasteiger partial charge in [0.05, 0.1) is 16.1 Å². The molecule has 1 aromatic rings. The molecule has 0 saturated carbocycles. The Bertz CT molecular complexity index is 265. The van der Waals surface area contributed by atoms with E-state index in [0.717, 1.165) is 8.95 Å². The largest absolute Gasteiger partial charge is 0.491 e.